The minimum Gasteiger partial charge on any atom is -0.504 e. The average Bonchev–Trinajstić information content (AvgIpc) is 2.79. The number of carbonyl (C=O) groups is 1. The minimum absolute atomic E-state index is 0.0948. The second kappa shape index (κ2) is 4.74. The number of phenolic OH excluding ortho intramolecular Hbond substituents is 2. The molecule has 0 spiro atoms. The fourth-order valence-electron chi connectivity index (χ4n) is 1.35. The van der Waals surface area contributed by atoms with Gasteiger partial charge in [0.15, 0.2) is 11.5 Å². The second-order valence-corrected chi connectivity index (χ2v) is 3.61. The van der Waals surface area contributed by atoms with Crippen LogP contribution in [0.4, 0.5) is 0 Å². The molecule has 7 nitrogen and oxygen atoms in total. The zero-order valence-corrected chi connectivity index (χ0v) is 9.20. The molecule has 94 valence electrons. The molecule has 18 heavy (non-hydrogen) atoms. The summed E-state index contributed by atoms with van der Waals surface area (Å²) in [6, 6.07) is 4.11. The zero-order chi connectivity index (χ0) is 13.1. The van der Waals surface area contributed by atoms with Crippen LogP contribution in [0.25, 0.3) is 11.4 Å². The molecule has 0 fully saturated rings. The predicted molar refractivity (Wildman–Crippen MR) is 59.0 cm³/mol. The number of benzene rings is 1. The van der Waals surface area contributed by atoms with Crippen molar-refractivity contribution in [3.63, 3.8) is 0 Å². The van der Waals surface area contributed by atoms with Gasteiger partial charge in [0.2, 0.25) is 11.7 Å². The van der Waals surface area contributed by atoms with E-state index in [9.17, 15) is 9.90 Å². The van der Waals surface area contributed by atoms with Crippen molar-refractivity contribution in [2.45, 2.75) is 12.8 Å². The highest BCUT2D eigenvalue weighted by Gasteiger charge is 2.11. The number of aromatic nitrogens is 2. The standard InChI is InChI=1S/C11H10N2O5/c14-7-2-1-6(5-8(7)15)11-12-9(18-13-11)3-4-10(16)17/h1-2,5,14-15H,3-4H2,(H,16,17). The lowest BCUT2D eigenvalue weighted by Crippen LogP contribution is -1.97. The minimum atomic E-state index is -0.947. The van der Waals surface area contributed by atoms with Gasteiger partial charge in [0.1, 0.15) is 0 Å². The van der Waals surface area contributed by atoms with Gasteiger partial charge in [-0.05, 0) is 18.2 Å². The molecule has 2 rings (SSSR count). The molecule has 0 radical (unpaired) electrons. The first kappa shape index (κ1) is 11.9. The summed E-state index contributed by atoms with van der Waals surface area (Å²) in [5.41, 5.74) is 0.468. The van der Waals surface area contributed by atoms with E-state index in [1.807, 2.05) is 0 Å². The summed E-state index contributed by atoms with van der Waals surface area (Å²) in [7, 11) is 0. The van der Waals surface area contributed by atoms with E-state index in [1.54, 1.807) is 0 Å². The maximum absolute atomic E-state index is 10.4. The van der Waals surface area contributed by atoms with Gasteiger partial charge in [0.05, 0.1) is 6.42 Å². The summed E-state index contributed by atoms with van der Waals surface area (Å²) in [5.74, 6) is -1.04. The van der Waals surface area contributed by atoms with Crippen molar-refractivity contribution in [2.75, 3.05) is 0 Å². The van der Waals surface area contributed by atoms with Gasteiger partial charge in [-0.15, -0.1) is 0 Å². The summed E-state index contributed by atoms with van der Waals surface area (Å²) in [4.78, 5) is 14.4. The van der Waals surface area contributed by atoms with Crippen molar-refractivity contribution in [3.05, 3.63) is 24.1 Å². The predicted octanol–water partition coefficient (Wildman–Crippen LogP) is 1.16. The molecule has 1 heterocycles. The Kier molecular flexibility index (Phi) is 3.13. The number of hydrogen-bond donors (Lipinski definition) is 3. The third-order valence-electron chi connectivity index (χ3n) is 2.25. The highest BCUT2D eigenvalue weighted by Crippen LogP contribution is 2.29. The Morgan fingerprint density at radius 2 is 2.06 bits per heavy atom. The van der Waals surface area contributed by atoms with Gasteiger partial charge in [-0.1, -0.05) is 5.16 Å². The largest absolute Gasteiger partial charge is 0.504 e. The van der Waals surface area contributed by atoms with Gasteiger partial charge < -0.3 is 19.8 Å². The average molecular weight is 250 g/mol. The van der Waals surface area contributed by atoms with Crippen LogP contribution in [0.5, 0.6) is 11.5 Å². The van der Waals surface area contributed by atoms with Crippen LogP contribution in [0.1, 0.15) is 12.3 Å². The third-order valence-corrected chi connectivity index (χ3v) is 2.25. The number of aryl methyl sites for hydroxylation is 1. The molecule has 0 atom stereocenters. The molecule has 0 aliphatic rings. The van der Waals surface area contributed by atoms with Crippen molar-refractivity contribution in [1.82, 2.24) is 10.1 Å². The van der Waals surface area contributed by atoms with Gasteiger partial charge in [0, 0.05) is 12.0 Å². The first-order chi connectivity index (χ1) is 8.56. The molecule has 1 aromatic heterocycles. The van der Waals surface area contributed by atoms with Gasteiger partial charge >= 0.3 is 5.97 Å². The van der Waals surface area contributed by atoms with E-state index in [4.69, 9.17) is 14.7 Å². The summed E-state index contributed by atoms with van der Waals surface area (Å²) in [6.45, 7) is 0. The van der Waals surface area contributed by atoms with Crippen molar-refractivity contribution < 1.29 is 24.6 Å². The Bertz CT molecular complexity index is 579. The zero-order valence-electron chi connectivity index (χ0n) is 9.20. The van der Waals surface area contributed by atoms with Crippen LogP contribution in [-0.2, 0) is 11.2 Å². The lowest BCUT2D eigenvalue weighted by molar-refractivity contribution is -0.137. The normalized spacial score (nSPS) is 10.4. The summed E-state index contributed by atoms with van der Waals surface area (Å²) < 4.78 is 4.87. The van der Waals surface area contributed by atoms with Crippen molar-refractivity contribution >= 4 is 5.97 Å². The molecule has 0 saturated heterocycles. The Labute approximate surface area is 101 Å². The van der Waals surface area contributed by atoms with Crippen LogP contribution < -0.4 is 0 Å². The van der Waals surface area contributed by atoms with E-state index in [-0.39, 0.29) is 36.1 Å². The van der Waals surface area contributed by atoms with Gasteiger partial charge in [0.25, 0.3) is 0 Å². The fraction of sp³-hybridized carbons (Fsp3) is 0.182. The molecule has 3 N–H and O–H groups in total. The third kappa shape index (κ3) is 2.57. The molecule has 7 heteroatoms. The topological polar surface area (TPSA) is 117 Å². The second-order valence-electron chi connectivity index (χ2n) is 3.61. The molecular formula is C11H10N2O5. The van der Waals surface area contributed by atoms with Gasteiger partial charge in [-0.3, -0.25) is 4.79 Å². The molecule has 2 aromatic rings. The first-order valence-electron chi connectivity index (χ1n) is 5.13. The number of hydrogen-bond acceptors (Lipinski definition) is 6. The summed E-state index contributed by atoms with van der Waals surface area (Å²) in [6.07, 6.45) is 0.0505. The van der Waals surface area contributed by atoms with Crippen LogP contribution in [0.3, 0.4) is 0 Å². The molecule has 1 aromatic carbocycles. The number of rotatable bonds is 4. The lowest BCUT2D eigenvalue weighted by atomic mass is 10.2. The quantitative estimate of drug-likeness (QED) is 0.697. The van der Waals surface area contributed by atoms with Crippen molar-refractivity contribution in [1.29, 1.82) is 0 Å². The fourth-order valence-corrected chi connectivity index (χ4v) is 1.35. The van der Waals surface area contributed by atoms with E-state index in [0.717, 1.165) is 0 Å². The monoisotopic (exact) mass is 250 g/mol. The Hall–Kier alpha value is -2.57. The first-order valence-corrected chi connectivity index (χ1v) is 5.13. The van der Waals surface area contributed by atoms with Crippen molar-refractivity contribution in [3.8, 4) is 22.9 Å². The molecule has 0 saturated carbocycles. The van der Waals surface area contributed by atoms with Crippen LogP contribution in [0, 0.1) is 0 Å². The number of phenols is 2. The van der Waals surface area contributed by atoms with E-state index in [1.165, 1.54) is 18.2 Å². The Morgan fingerprint density at radius 3 is 2.72 bits per heavy atom. The maximum Gasteiger partial charge on any atom is 0.303 e. The molecule has 0 unspecified atom stereocenters. The van der Waals surface area contributed by atoms with E-state index >= 15 is 0 Å². The Balaban J connectivity index is 2.18. The van der Waals surface area contributed by atoms with Crippen LogP contribution >= 0.6 is 0 Å². The molecular weight excluding hydrogens is 240 g/mol. The van der Waals surface area contributed by atoms with E-state index in [0.29, 0.717) is 5.56 Å². The van der Waals surface area contributed by atoms with Gasteiger partial charge in [-0.25, -0.2) is 0 Å². The number of aromatic hydroxyl groups is 2. The molecule has 0 amide bonds. The number of carboxylic acid groups (broad SMARTS) is 1. The van der Waals surface area contributed by atoms with Crippen LogP contribution in [-0.4, -0.2) is 31.4 Å². The molecule has 0 aliphatic carbocycles. The van der Waals surface area contributed by atoms with Gasteiger partial charge in [-0.2, -0.15) is 4.98 Å². The SMILES string of the molecule is O=C(O)CCc1nc(-c2ccc(O)c(O)c2)no1. The lowest BCUT2D eigenvalue weighted by Gasteiger charge is -1.98. The van der Waals surface area contributed by atoms with Crippen LogP contribution in [0.2, 0.25) is 0 Å². The smallest absolute Gasteiger partial charge is 0.303 e. The number of aliphatic carboxylic acids is 1. The number of nitrogens with zero attached hydrogens (tertiary/aromatic N) is 2. The molecule has 0 bridgehead atoms. The van der Waals surface area contributed by atoms with Crippen molar-refractivity contribution in [2.24, 2.45) is 0 Å². The summed E-state index contributed by atoms with van der Waals surface area (Å²) in [5, 5.41) is 30.7. The van der Waals surface area contributed by atoms with Crippen LogP contribution in [0.15, 0.2) is 22.7 Å². The maximum atomic E-state index is 10.4. The molecule has 0 aliphatic heterocycles. The highest BCUT2D eigenvalue weighted by molar-refractivity contribution is 5.67. The Morgan fingerprint density at radius 1 is 1.28 bits per heavy atom. The number of carboxylic acids is 1. The summed E-state index contributed by atoms with van der Waals surface area (Å²) >= 11 is 0. The van der Waals surface area contributed by atoms with E-state index < -0.39 is 5.97 Å². The highest BCUT2D eigenvalue weighted by atomic mass is 16.5. The van der Waals surface area contributed by atoms with E-state index in [2.05, 4.69) is 10.1 Å².